The van der Waals surface area contributed by atoms with Crippen molar-refractivity contribution in [3.8, 4) is 0 Å². The predicted octanol–water partition coefficient (Wildman–Crippen LogP) is 4.82. The average Bonchev–Trinajstić information content (AvgIpc) is 3.19. The van der Waals surface area contributed by atoms with Crippen LogP contribution < -0.4 is 0 Å². The number of benzene rings is 2. The Labute approximate surface area is 155 Å². The lowest BCUT2D eigenvalue weighted by Crippen LogP contribution is -2.32. The maximum absolute atomic E-state index is 13.1. The van der Waals surface area contributed by atoms with Gasteiger partial charge in [-0.2, -0.15) is 0 Å². The quantitative estimate of drug-likeness (QED) is 0.602. The first-order valence-electron chi connectivity index (χ1n) is 9.18. The second kappa shape index (κ2) is 8.52. The zero-order chi connectivity index (χ0) is 18.4. The van der Waals surface area contributed by atoms with E-state index < -0.39 is 0 Å². The maximum atomic E-state index is 13.1. The molecule has 0 aliphatic rings. The Hall–Kier alpha value is -2.81. The number of hydrogen-bond donors (Lipinski definition) is 0. The lowest BCUT2D eigenvalue weighted by atomic mass is 10.0. The molecule has 3 nitrogen and oxygen atoms in total. The van der Waals surface area contributed by atoms with E-state index in [9.17, 15) is 4.79 Å². The van der Waals surface area contributed by atoms with Crippen LogP contribution in [0.15, 0.2) is 79.1 Å². The highest BCUT2D eigenvalue weighted by Crippen LogP contribution is 2.24. The molecule has 0 saturated heterocycles. The third-order valence-electron chi connectivity index (χ3n) is 4.73. The van der Waals surface area contributed by atoms with Crippen LogP contribution in [0.5, 0.6) is 0 Å². The van der Waals surface area contributed by atoms with Gasteiger partial charge < -0.3 is 9.47 Å². The summed E-state index contributed by atoms with van der Waals surface area (Å²) in [6, 6.07) is 22.6. The van der Waals surface area contributed by atoms with E-state index in [2.05, 4.69) is 47.9 Å². The third-order valence-corrected chi connectivity index (χ3v) is 4.73. The minimum atomic E-state index is 0.0159. The molecule has 1 aromatic heterocycles. The number of aryl methyl sites for hydroxylation is 1. The molecule has 1 amide bonds. The van der Waals surface area contributed by atoms with Crippen LogP contribution in [0.3, 0.4) is 0 Å². The summed E-state index contributed by atoms with van der Waals surface area (Å²) in [5.41, 5.74) is 3.55. The first kappa shape index (κ1) is 18.0. The van der Waals surface area contributed by atoms with Gasteiger partial charge in [0.2, 0.25) is 5.91 Å². The molecule has 0 fully saturated rings. The highest BCUT2D eigenvalue weighted by Gasteiger charge is 2.21. The Kier molecular flexibility index (Phi) is 5.90. The van der Waals surface area contributed by atoms with E-state index in [4.69, 9.17) is 0 Å². The summed E-state index contributed by atoms with van der Waals surface area (Å²) in [6.45, 7) is 5.49. The molecule has 134 valence electrons. The van der Waals surface area contributed by atoms with Crippen LogP contribution in [-0.2, 0) is 11.3 Å². The summed E-state index contributed by atoms with van der Waals surface area (Å²) in [6.07, 6.45) is 4.53. The fourth-order valence-corrected chi connectivity index (χ4v) is 3.30. The number of aromatic nitrogens is 1. The fourth-order valence-electron chi connectivity index (χ4n) is 3.30. The van der Waals surface area contributed by atoms with E-state index >= 15 is 0 Å². The largest absolute Gasteiger partial charge is 0.346 e. The second-order valence-electron chi connectivity index (χ2n) is 6.66. The minimum Gasteiger partial charge on any atom is -0.346 e. The van der Waals surface area contributed by atoms with Crippen LogP contribution in [0, 0.1) is 6.92 Å². The molecule has 3 rings (SSSR count). The molecule has 0 radical (unpaired) electrons. The Morgan fingerprint density at radius 1 is 1.00 bits per heavy atom. The molecule has 3 aromatic rings. The molecule has 3 heteroatoms. The summed E-state index contributed by atoms with van der Waals surface area (Å²) in [5.74, 6) is 0.177. The van der Waals surface area contributed by atoms with Gasteiger partial charge >= 0.3 is 0 Å². The molecule has 1 atom stereocenters. The van der Waals surface area contributed by atoms with Gasteiger partial charge in [-0.3, -0.25) is 4.79 Å². The van der Waals surface area contributed by atoms with E-state index in [1.54, 1.807) is 0 Å². The van der Waals surface area contributed by atoms with Crippen molar-refractivity contribution in [3.63, 3.8) is 0 Å². The Morgan fingerprint density at radius 3 is 2.38 bits per heavy atom. The van der Waals surface area contributed by atoms with Crippen LogP contribution in [0.2, 0.25) is 0 Å². The lowest BCUT2D eigenvalue weighted by molar-refractivity contribution is -0.132. The van der Waals surface area contributed by atoms with E-state index in [0.29, 0.717) is 19.5 Å². The molecule has 0 unspecified atom stereocenters. The molecule has 0 spiro atoms. The van der Waals surface area contributed by atoms with Crippen molar-refractivity contribution in [1.82, 2.24) is 9.47 Å². The van der Waals surface area contributed by atoms with Crippen LogP contribution >= 0.6 is 0 Å². The van der Waals surface area contributed by atoms with Crippen molar-refractivity contribution in [1.29, 1.82) is 0 Å². The van der Waals surface area contributed by atoms with Crippen molar-refractivity contribution < 1.29 is 4.79 Å². The number of rotatable bonds is 7. The molecule has 0 aliphatic heterocycles. The maximum Gasteiger partial charge on any atom is 0.225 e. The standard InChI is InChI=1S/C23H26N2O/c1-3-24(18-20-11-5-4-6-12-20)23(26)17-22(25-14-7-8-15-25)21-13-9-10-19(2)16-21/h4-16,22H,3,17-18H2,1-2H3/t22-/m1/s1. The SMILES string of the molecule is CCN(Cc1ccccc1)C(=O)C[C@H](c1cccc(C)c1)n1cccc1. The lowest BCUT2D eigenvalue weighted by Gasteiger charge is -2.25. The fraction of sp³-hybridized carbons (Fsp3) is 0.261. The normalized spacial score (nSPS) is 11.9. The van der Waals surface area contributed by atoms with Gasteiger partial charge in [0.25, 0.3) is 0 Å². The predicted molar refractivity (Wildman–Crippen MR) is 106 cm³/mol. The molecule has 2 aromatic carbocycles. The van der Waals surface area contributed by atoms with E-state index in [0.717, 1.165) is 5.56 Å². The third kappa shape index (κ3) is 4.42. The highest BCUT2D eigenvalue weighted by molar-refractivity contribution is 5.77. The van der Waals surface area contributed by atoms with Crippen molar-refractivity contribution in [2.45, 2.75) is 32.9 Å². The van der Waals surface area contributed by atoms with Gasteiger partial charge in [-0.05, 0) is 37.1 Å². The monoisotopic (exact) mass is 346 g/mol. The van der Waals surface area contributed by atoms with Crippen LogP contribution in [0.4, 0.5) is 0 Å². The van der Waals surface area contributed by atoms with E-state index in [-0.39, 0.29) is 11.9 Å². The number of hydrogen-bond acceptors (Lipinski definition) is 1. The number of carbonyl (C=O) groups is 1. The zero-order valence-corrected chi connectivity index (χ0v) is 15.5. The summed E-state index contributed by atoms with van der Waals surface area (Å²) < 4.78 is 2.13. The Balaban J connectivity index is 1.80. The van der Waals surface area contributed by atoms with E-state index in [1.807, 2.05) is 54.5 Å². The van der Waals surface area contributed by atoms with Crippen LogP contribution in [0.25, 0.3) is 0 Å². The van der Waals surface area contributed by atoms with Gasteiger partial charge in [-0.25, -0.2) is 0 Å². The molecule has 0 saturated carbocycles. The van der Waals surface area contributed by atoms with Crippen LogP contribution in [0.1, 0.15) is 36.1 Å². The van der Waals surface area contributed by atoms with Gasteiger partial charge in [-0.15, -0.1) is 0 Å². The molecule has 0 N–H and O–H groups in total. The molecular formula is C23H26N2O. The molecule has 0 bridgehead atoms. The first-order valence-corrected chi connectivity index (χ1v) is 9.18. The Morgan fingerprint density at radius 2 is 1.73 bits per heavy atom. The van der Waals surface area contributed by atoms with Gasteiger partial charge in [0.05, 0.1) is 12.5 Å². The molecule has 1 heterocycles. The van der Waals surface area contributed by atoms with Gasteiger partial charge in [-0.1, -0.05) is 60.2 Å². The number of amides is 1. The van der Waals surface area contributed by atoms with Crippen LogP contribution in [-0.4, -0.2) is 21.9 Å². The van der Waals surface area contributed by atoms with Crippen molar-refractivity contribution in [2.24, 2.45) is 0 Å². The molecule has 0 aliphatic carbocycles. The number of carbonyl (C=O) groups excluding carboxylic acids is 1. The highest BCUT2D eigenvalue weighted by atomic mass is 16.2. The Bertz CT molecular complexity index is 824. The van der Waals surface area contributed by atoms with Gasteiger partial charge in [0, 0.05) is 25.5 Å². The topological polar surface area (TPSA) is 25.2 Å². The number of nitrogens with zero attached hydrogens (tertiary/aromatic N) is 2. The summed E-state index contributed by atoms with van der Waals surface area (Å²) in [7, 11) is 0. The van der Waals surface area contributed by atoms with Crippen molar-refractivity contribution >= 4 is 5.91 Å². The zero-order valence-electron chi connectivity index (χ0n) is 15.5. The molecule has 26 heavy (non-hydrogen) atoms. The minimum absolute atomic E-state index is 0.0159. The smallest absolute Gasteiger partial charge is 0.225 e. The van der Waals surface area contributed by atoms with Crippen molar-refractivity contribution in [2.75, 3.05) is 6.54 Å². The average molecular weight is 346 g/mol. The summed E-state index contributed by atoms with van der Waals surface area (Å²) in [4.78, 5) is 15.0. The van der Waals surface area contributed by atoms with Crippen molar-refractivity contribution in [3.05, 3.63) is 95.8 Å². The summed E-state index contributed by atoms with van der Waals surface area (Å²) in [5, 5.41) is 0. The van der Waals surface area contributed by atoms with E-state index in [1.165, 1.54) is 11.1 Å². The van der Waals surface area contributed by atoms with Gasteiger partial charge in [0.15, 0.2) is 0 Å². The summed E-state index contributed by atoms with van der Waals surface area (Å²) >= 11 is 0. The second-order valence-corrected chi connectivity index (χ2v) is 6.66. The molecular weight excluding hydrogens is 320 g/mol. The first-order chi connectivity index (χ1) is 12.7. The van der Waals surface area contributed by atoms with Gasteiger partial charge in [0.1, 0.15) is 0 Å².